The van der Waals surface area contributed by atoms with E-state index in [1.54, 1.807) is 13.2 Å². The second-order valence-corrected chi connectivity index (χ2v) is 3.29. The summed E-state index contributed by atoms with van der Waals surface area (Å²) in [6.07, 6.45) is 0. The summed E-state index contributed by atoms with van der Waals surface area (Å²) in [6, 6.07) is 5.94. The fourth-order valence-electron chi connectivity index (χ4n) is 1.42. The number of benzene rings is 1. The van der Waals surface area contributed by atoms with Gasteiger partial charge in [-0.1, -0.05) is 6.07 Å². The van der Waals surface area contributed by atoms with Gasteiger partial charge in [-0.15, -0.1) is 0 Å². The Bertz CT molecular complexity index is 308. The van der Waals surface area contributed by atoms with Crippen molar-refractivity contribution in [2.45, 2.75) is 12.6 Å². The van der Waals surface area contributed by atoms with E-state index in [0.717, 1.165) is 17.7 Å². The van der Waals surface area contributed by atoms with Gasteiger partial charge in [0.1, 0.15) is 5.75 Å². The van der Waals surface area contributed by atoms with Gasteiger partial charge in [0.2, 0.25) is 0 Å². The third-order valence-electron chi connectivity index (χ3n) is 2.19. The van der Waals surface area contributed by atoms with Crippen LogP contribution in [0.5, 0.6) is 5.75 Å². The SMILES string of the molecule is COCc1ccc(O)c([C@H]2CN2)c1. The third-order valence-corrected chi connectivity index (χ3v) is 2.19. The van der Waals surface area contributed by atoms with Crippen molar-refractivity contribution in [2.75, 3.05) is 13.7 Å². The van der Waals surface area contributed by atoms with Gasteiger partial charge in [-0.25, -0.2) is 0 Å². The van der Waals surface area contributed by atoms with Crippen LogP contribution in [0.1, 0.15) is 17.2 Å². The molecular formula is C10H13NO2. The maximum Gasteiger partial charge on any atom is 0.120 e. The number of methoxy groups -OCH3 is 1. The Morgan fingerprint density at radius 3 is 3.00 bits per heavy atom. The molecule has 0 unspecified atom stereocenters. The van der Waals surface area contributed by atoms with Gasteiger partial charge < -0.3 is 15.2 Å². The number of ether oxygens (including phenoxy) is 1. The number of phenols is 1. The van der Waals surface area contributed by atoms with Crippen molar-refractivity contribution in [3.05, 3.63) is 29.3 Å². The lowest BCUT2D eigenvalue weighted by Crippen LogP contribution is -1.91. The molecule has 1 fully saturated rings. The first-order valence-electron chi connectivity index (χ1n) is 4.35. The fourth-order valence-corrected chi connectivity index (χ4v) is 1.42. The molecule has 1 heterocycles. The molecule has 13 heavy (non-hydrogen) atoms. The number of nitrogens with one attached hydrogen (secondary N) is 1. The van der Waals surface area contributed by atoms with Crippen LogP contribution in [0.4, 0.5) is 0 Å². The van der Waals surface area contributed by atoms with Gasteiger partial charge in [0, 0.05) is 25.3 Å². The number of aromatic hydroxyl groups is 1. The van der Waals surface area contributed by atoms with E-state index in [2.05, 4.69) is 5.32 Å². The molecule has 1 saturated heterocycles. The molecule has 1 atom stereocenters. The molecule has 70 valence electrons. The minimum absolute atomic E-state index is 0.344. The zero-order valence-corrected chi connectivity index (χ0v) is 7.58. The van der Waals surface area contributed by atoms with Gasteiger partial charge in [0.05, 0.1) is 6.61 Å². The molecule has 0 aliphatic carbocycles. The Kier molecular flexibility index (Phi) is 2.20. The van der Waals surface area contributed by atoms with Crippen LogP contribution in [0.3, 0.4) is 0 Å². The smallest absolute Gasteiger partial charge is 0.120 e. The summed E-state index contributed by atoms with van der Waals surface area (Å²) < 4.78 is 5.02. The summed E-state index contributed by atoms with van der Waals surface area (Å²) in [5.41, 5.74) is 2.08. The lowest BCUT2D eigenvalue weighted by Gasteiger charge is -2.05. The van der Waals surface area contributed by atoms with Crippen LogP contribution in [-0.4, -0.2) is 18.8 Å². The van der Waals surface area contributed by atoms with E-state index >= 15 is 0 Å². The molecule has 0 radical (unpaired) electrons. The number of rotatable bonds is 3. The molecular weight excluding hydrogens is 166 g/mol. The Morgan fingerprint density at radius 1 is 1.62 bits per heavy atom. The minimum Gasteiger partial charge on any atom is -0.508 e. The van der Waals surface area contributed by atoms with Crippen LogP contribution >= 0.6 is 0 Å². The topological polar surface area (TPSA) is 51.4 Å². The van der Waals surface area contributed by atoms with E-state index in [0.29, 0.717) is 18.4 Å². The van der Waals surface area contributed by atoms with Crippen molar-refractivity contribution < 1.29 is 9.84 Å². The van der Waals surface area contributed by atoms with Crippen molar-refractivity contribution in [3.8, 4) is 5.75 Å². The van der Waals surface area contributed by atoms with Gasteiger partial charge in [0.25, 0.3) is 0 Å². The molecule has 0 saturated carbocycles. The average Bonchev–Trinajstić information content (AvgIpc) is 2.92. The van der Waals surface area contributed by atoms with Gasteiger partial charge >= 0.3 is 0 Å². The van der Waals surface area contributed by atoms with Gasteiger partial charge in [-0.05, 0) is 17.7 Å². The summed E-state index contributed by atoms with van der Waals surface area (Å²) in [5.74, 6) is 0.370. The average molecular weight is 179 g/mol. The quantitative estimate of drug-likeness (QED) is 0.685. The second kappa shape index (κ2) is 3.36. The standard InChI is InChI=1S/C10H13NO2/c1-13-6-7-2-3-10(12)8(4-7)9-5-11-9/h2-4,9,11-12H,5-6H2,1H3/t9-/m1/s1. The largest absolute Gasteiger partial charge is 0.508 e. The summed E-state index contributed by atoms with van der Waals surface area (Å²) in [4.78, 5) is 0. The van der Waals surface area contributed by atoms with Gasteiger partial charge in [0.15, 0.2) is 0 Å². The molecule has 1 aliphatic rings. The highest BCUT2D eigenvalue weighted by molar-refractivity contribution is 5.40. The number of hydrogen-bond donors (Lipinski definition) is 2. The molecule has 1 aromatic rings. The summed E-state index contributed by atoms with van der Waals surface area (Å²) in [5, 5.41) is 12.7. The summed E-state index contributed by atoms with van der Waals surface area (Å²) >= 11 is 0. The first kappa shape index (κ1) is 8.53. The Balaban J connectivity index is 2.25. The highest BCUT2D eigenvalue weighted by Gasteiger charge is 2.25. The van der Waals surface area contributed by atoms with Crippen LogP contribution in [-0.2, 0) is 11.3 Å². The molecule has 0 amide bonds. The van der Waals surface area contributed by atoms with Crippen molar-refractivity contribution in [1.82, 2.24) is 5.32 Å². The van der Waals surface area contributed by atoms with Crippen LogP contribution in [0.2, 0.25) is 0 Å². The van der Waals surface area contributed by atoms with Crippen molar-refractivity contribution in [3.63, 3.8) is 0 Å². The fraction of sp³-hybridized carbons (Fsp3) is 0.400. The van der Waals surface area contributed by atoms with E-state index in [9.17, 15) is 5.11 Å². The predicted octanol–water partition coefficient (Wildman–Crippen LogP) is 1.18. The monoisotopic (exact) mass is 179 g/mol. The molecule has 3 nitrogen and oxygen atoms in total. The first-order valence-corrected chi connectivity index (χ1v) is 4.35. The Morgan fingerprint density at radius 2 is 2.38 bits per heavy atom. The van der Waals surface area contributed by atoms with Crippen molar-refractivity contribution >= 4 is 0 Å². The lowest BCUT2D eigenvalue weighted by molar-refractivity contribution is 0.185. The summed E-state index contributed by atoms with van der Waals surface area (Å²) in [7, 11) is 1.67. The molecule has 0 spiro atoms. The number of hydrogen-bond acceptors (Lipinski definition) is 3. The highest BCUT2D eigenvalue weighted by Crippen LogP contribution is 2.30. The predicted molar refractivity (Wildman–Crippen MR) is 49.6 cm³/mol. The first-order chi connectivity index (χ1) is 6.31. The van der Waals surface area contributed by atoms with Crippen LogP contribution in [0.25, 0.3) is 0 Å². The minimum atomic E-state index is 0.344. The van der Waals surface area contributed by atoms with Crippen molar-refractivity contribution in [1.29, 1.82) is 0 Å². The third kappa shape index (κ3) is 1.82. The van der Waals surface area contributed by atoms with Crippen LogP contribution < -0.4 is 5.32 Å². The maximum atomic E-state index is 9.53. The summed E-state index contributed by atoms with van der Waals surface area (Å²) in [6.45, 7) is 1.56. The van der Waals surface area contributed by atoms with E-state index in [1.807, 2.05) is 12.1 Å². The van der Waals surface area contributed by atoms with E-state index in [1.165, 1.54) is 0 Å². The zero-order valence-electron chi connectivity index (χ0n) is 7.58. The molecule has 2 rings (SSSR count). The molecule has 1 aliphatic heterocycles. The van der Waals surface area contributed by atoms with Crippen LogP contribution in [0, 0.1) is 0 Å². The van der Waals surface area contributed by atoms with E-state index in [-0.39, 0.29) is 0 Å². The Hall–Kier alpha value is -1.06. The second-order valence-electron chi connectivity index (χ2n) is 3.29. The normalized spacial score (nSPS) is 20.2. The van der Waals surface area contributed by atoms with Gasteiger partial charge in [-0.2, -0.15) is 0 Å². The van der Waals surface area contributed by atoms with E-state index in [4.69, 9.17) is 4.74 Å². The molecule has 1 aromatic carbocycles. The number of phenolic OH excluding ortho intramolecular Hbond substituents is 1. The van der Waals surface area contributed by atoms with E-state index < -0.39 is 0 Å². The molecule has 0 bridgehead atoms. The van der Waals surface area contributed by atoms with Crippen molar-refractivity contribution in [2.24, 2.45) is 0 Å². The molecule has 3 heteroatoms. The highest BCUT2D eigenvalue weighted by atomic mass is 16.5. The Labute approximate surface area is 77.3 Å². The maximum absolute atomic E-state index is 9.53. The molecule has 2 N–H and O–H groups in total. The lowest BCUT2D eigenvalue weighted by atomic mass is 10.1. The van der Waals surface area contributed by atoms with Crippen LogP contribution in [0.15, 0.2) is 18.2 Å². The van der Waals surface area contributed by atoms with Gasteiger partial charge in [-0.3, -0.25) is 0 Å². The zero-order chi connectivity index (χ0) is 9.26. The molecule has 0 aromatic heterocycles.